The number of carbonyl (C=O) groups excluding carboxylic acids is 1. The molecule has 24 heavy (non-hydrogen) atoms. The van der Waals surface area contributed by atoms with E-state index < -0.39 is 12.6 Å². The number of hydrogen-bond donors (Lipinski definition) is 2. The van der Waals surface area contributed by atoms with Gasteiger partial charge in [-0.1, -0.05) is 13.8 Å². The third-order valence-corrected chi connectivity index (χ3v) is 3.46. The van der Waals surface area contributed by atoms with Crippen molar-refractivity contribution < 1.29 is 19.4 Å². The fraction of sp³-hybridized carbons (Fsp3) is 0.353. The van der Waals surface area contributed by atoms with Crippen LogP contribution in [0.25, 0.3) is 0 Å². The summed E-state index contributed by atoms with van der Waals surface area (Å²) in [5, 5.41) is 15.8. The summed E-state index contributed by atoms with van der Waals surface area (Å²) in [5.74, 6) is -0.686. The monoisotopic (exact) mass is 331 g/mol. The topological polar surface area (TPSA) is 93.5 Å². The van der Waals surface area contributed by atoms with Crippen molar-refractivity contribution in [3.8, 4) is 5.75 Å². The van der Waals surface area contributed by atoms with Crippen molar-refractivity contribution in [3.63, 3.8) is 0 Å². The standard InChI is InChI=1S/C17H21N3O4/c1-10(2)16-13(8-20(4)19-16)17(23)18-14-6-5-12(7-11(14)3)24-9-15(21)22/h5-8,10H,9H2,1-4H3,(H,18,23)(H,21,22). The largest absolute Gasteiger partial charge is 0.482 e. The quantitative estimate of drug-likeness (QED) is 0.848. The van der Waals surface area contributed by atoms with Gasteiger partial charge in [0, 0.05) is 18.9 Å². The highest BCUT2D eigenvalue weighted by atomic mass is 16.5. The zero-order valence-corrected chi connectivity index (χ0v) is 14.2. The van der Waals surface area contributed by atoms with Gasteiger partial charge in [0.15, 0.2) is 6.61 Å². The lowest BCUT2D eigenvalue weighted by Gasteiger charge is -2.11. The molecule has 0 saturated heterocycles. The van der Waals surface area contributed by atoms with E-state index in [1.54, 1.807) is 36.1 Å². The van der Waals surface area contributed by atoms with Crippen LogP contribution < -0.4 is 10.1 Å². The van der Waals surface area contributed by atoms with Crippen molar-refractivity contribution in [2.75, 3.05) is 11.9 Å². The Balaban J connectivity index is 2.16. The van der Waals surface area contributed by atoms with E-state index in [-0.39, 0.29) is 11.8 Å². The van der Waals surface area contributed by atoms with E-state index >= 15 is 0 Å². The van der Waals surface area contributed by atoms with Gasteiger partial charge in [-0.15, -0.1) is 0 Å². The highest BCUT2D eigenvalue weighted by molar-refractivity contribution is 6.05. The molecule has 1 aromatic heterocycles. The van der Waals surface area contributed by atoms with Crippen molar-refractivity contribution >= 4 is 17.6 Å². The number of benzene rings is 1. The number of hydrogen-bond acceptors (Lipinski definition) is 4. The number of anilines is 1. The third-order valence-electron chi connectivity index (χ3n) is 3.46. The van der Waals surface area contributed by atoms with Crippen LogP contribution in [0.3, 0.4) is 0 Å². The minimum atomic E-state index is -1.04. The van der Waals surface area contributed by atoms with Gasteiger partial charge in [0.05, 0.1) is 11.3 Å². The second kappa shape index (κ2) is 7.16. The second-order valence-electron chi connectivity index (χ2n) is 5.87. The predicted octanol–water partition coefficient (Wildman–Crippen LogP) is 2.57. The lowest BCUT2D eigenvalue weighted by Crippen LogP contribution is -2.15. The van der Waals surface area contributed by atoms with Crippen molar-refractivity contribution in [1.82, 2.24) is 9.78 Å². The van der Waals surface area contributed by atoms with Gasteiger partial charge in [0.25, 0.3) is 5.91 Å². The smallest absolute Gasteiger partial charge is 0.341 e. The summed E-state index contributed by atoms with van der Waals surface area (Å²) in [5.41, 5.74) is 2.70. The highest BCUT2D eigenvalue weighted by Gasteiger charge is 2.18. The Morgan fingerprint density at radius 2 is 2.08 bits per heavy atom. The number of nitrogens with zero attached hydrogens (tertiary/aromatic N) is 2. The van der Waals surface area contributed by atoms with E-state index in [9.17, 15) is 9.59 Å². The normalized spacial score (nSPS) is 10.7. The van der Waals surface area contributed by atoms with Crippen molar-refractivity contribution in [3.05, 3.63) is 41.2 Å². The molecule has 2 aromatic rings. The molecule has 0 aliphatic heterocycles. The summed E-state index contributed by atoms with van der Waals surface area (Å²) < 4.78 is 6.75. The summed E-state index contributed by atoms with van der Waals surface area (Å²) in [4.78, 5) is 23.1. The first-order chi connectivity index (χ1) is 11.3. The minimum absolute atomic E-state index is 0.139. The first-order valence-corrected chi connectivity index (χ1v) is 7.58. The zero-order chi connectivity index (χ0) is 17.9. The molecule has 1 heterocycles. The molecular weight excluding hydrogens is 310 g/mol. The maximum atomic E-state index is 12.5. The van der Waals surface area contributed by atoms with Gasteiger partial charge in [-0.3, -0.25) is 9.48 Å². The van der Waals surface area contributed by atoms with Gasteiger partial charge in [0.1, 0.15) is 5.75 Å². The number of aromatic nitrogens is 2. The minimum Gasteiger partial charge on any atom is -0.482 e. The number of carboxylic acids is 1. The average molecular weight is 331 g/mol. The SMILES string of the molecule is Cc1cc(OCC(=O)O)ccc1NC(=O)c1cn(C)nc1C(C)C. The van der Waals surface area contributed by atoms with E-state index in [1.165, 1.54) is 0 Å². The number of carbonyl (C=O) groups is 2. The molecule has 128 valence electrons. The molecule has 0 spiro atoms. The van der Waals surface area contributed by atoms with Crippen LogP contribution in [0, 0.1) is 6.92 Å². The van der Waals surface area contributed by atoms with E-state index in [2.05, 4.69) is 10.4 Å². The van der Waals surface area contributed by atoms with Crippen LogP contribution in [0.5, 0.6) is 5.75 Å². The number of ether oxygens (including phenoxy) is 1. The molecular formula is C17H21N3O4. The summed E-state index contributed by atoms with van der Waals surface area (Å²) in [6, 6.07) is 5.00. The van der Waals surface area contributed by atoms with E-state index in [4.69, 9.17) is 9.84 Å². The second-order valence-corrected chi connectivity index (χ2v) is 5.87. The Hall–Kier alpha value is -2.83. The molecule has 1 aromatic carbocycles. The van der Waals surface area contributed by atoms with E-state index in [0.717, 1.165) is 11.3 Å². The molecule has 0 aliphatic carbocycles. The molecule has 2 rings (SSSR count). The summed E-state index contributed by atoms with van der Waals surface area (Å²) in [7, 11) is 1.78. The van der Waals surface area contributed by atoms with Crippen molar-refractivity contribution in [1.29, 1.82) is 0 Å². The van der Waals surface area contributed by atoms with Gasteiger partial charge in [-0.05, 0) is 36.6 Å². The number of aryl methyl sites for hydroxylation is 2. The fourth-order valence-corrected chi connectivity index (χ4v) is 2.31. The van der Waals surface area contributed by atoms with Crippen molar-refractivity contribution in [2.45, 2.75) is 26.7 Å². The highest BCUT2D eigenvalue weighted by Crippen LogP contribution is 2.23. The average Bonchev–Trinajstić information content (AvgIpc) is 2.90. The molecule has 0 radical (unpaired) electrons. The van der Waals surface area contributed by atoms with Crippen LogP contribution in [-0.2, 0) is 11.8 Å². The fourth-order valence-electron chi connectivity index (χ4n) is 2.31. The molecule has 0 saturated carbocycles. The number of rotatable bonds is 6. The molecule has 0 fully saturated rings. The number of carboxylic acid groups (broad SMARTS) is 1. The van der Waals surface area contributed by atoms with Crippen LogP contribution in [0.2, 0.25) is 0 Å². The Morgan fingerprint density at radius 3 is 2.67 bits per heavy atom. The first kappa shape index (κ1) is 17.5. The Labute approximate surface area is 140 Å². The Kier molecular flexibility index (Phi) is 5.23. The summed E-state index contributed by atoms with van der Waals surface area (Å²) >= 11 is 0. The number of aliphatic carboxylic acids is 1. The molecule has 0 aliphatic rings. The van der Waals surface area contributed by atoms with Crippen LogP contribution in [0.15, 0.2) is 24.4 Å². The Morgan fingerprint density at radius 1 is 1.38 bits per heavy atom. The molecule has 2 N–H and O–H groups in total. The molecule has 1 amide bonds. The maximum absolute atomic E-state index is 12.5. The van der Waals surface area contributed by atoms with Gasteiger partial charge in [-0.2, -0.15) is 5.10 Å². The first-order valence-electron chi connectivity index (χ1n) is 7.58. The Bertz CT molecular complexity index is 765. The maximum Gasteiger partial charge on any atom is 0.341 e. The lowest BCUT2D eigenvalue weighted by atomic mass is 10.1. The number of nitrogens with one attached hydrogen (secondary N) is 1. The molecule has 7 heteroatoms. The van der Waals surface area contributed by atoms with E-state index in [0.29, 0.717) is 17.0 Å². The van der Waals surface area contributed by atoms with Crippen molar-refractivity contribution in [2.24, 2.45) is 7.05 Å². The van der Waals surface area contributed by atoms with Crippen LogP contribution in [0.1, 0.15) is 41.4 Å². The molecule has 7 nitrogen and oxygen atoms in total. The zero-order valence-electron chi connectivity index (χ0n) is 14.2. The van der Waals surface area contributed by atoms with Gasteiger partial charge >= 0.3 is 5.97 Å². The summed E-state index contributed by atoms with van der Waals surface area (Å²) in [6.45, 7) is 5.38. The van der Waals surface area contributed by atoms with Gasteiger partial charge in [-0.25, -0.2) is 4.79 Å². The van der Waals surface area contributed by atoms with Gasteiger partial charge in [0.2, 0.25) is 0 Å². The third kappa shape index (κ3) is 4.13. The lowest BCUT2D eigenvalue weighted by molar-refractivity contribution is -0.139. The molecule has 0 atom stereocenters. The van der Waals surface area contributed by atoms with Crippen LogP contribution in [-0.4, -0.2) is 33.4 Å². The molecule has 0 unspecified atom stereocenters. The van der Waals surface area contributed by atoms with E-state index in [1.807, 2.05) is 20.8 Å². The summed E-state index contributed by atoms with van der Waals surface area (Å²) in [6.07, 6.45) is 1.70. The van der Waals surface area contributed by atoms with Crippen LogP contribution in [0.4, 0.5) is 5.69 Å². The predicted molar refractivity (Wildman–Crippen MR) is 89.6 cm³/mol. The number of amides is 1. The van der Waals surface area contributed by atoms with Gasteiger partial charge < -0.3 is 15.2 Å². The van der Waals surface area contributed by atoms with Crippen LogP contribution >= 0.6 is 0 Å². The molecule has 0 bridgehead atoms.